The van der Waals surface area contributed by atoms with Crippen molar-refractivity contribution in [3.8, 4) is 0 Å². The fourth-order valence-electron chi connectivity index (χ4n) is 6.82. The van der Waals surface area contributed by atoms with Gasteiger partial charge in [-0.3, -0.25) is 10.1 Å². The van der Waals surface area contributed by atoms with Crippen molar-refractivity contribution in [2.24, 2.45) is 23.7 Å². The second-order valence-electron chi connectivity index (χ2n) is 9.07. The molecule has 24 heavy (non-hydrogen) atoms. The molecule has 4 rings (SSSR count). The van der Waals surface area contributed by atoms with Gasteiger partial charge >= 0.3 is 0 Å². The number of hydroxylamine groups is 2. The van der Waals surface area contributed by atoms with Crippen molar-refractivity contribution in [1.29, 1.82) is 0 Å². The summed E-state index contributed by atoms with van der Waals surface area (Å²) in [5, 5.41) is 21.4. The molecule has 0 aromatic carbocycles. The average Bonchev–Trinajstić information content (AvgIpc) is 2.62. The van der Waals surface area contributed by atoms with Gasteiger partial charge in [-0.2, -0.15) is 0 Å². The molecule has 1 heterocycles. The van der Waals surface area contributed by atoms with Crippen molar-refractivity contribution in [3.63, 3.8) is 0 Å². The average molecular weight is 336 g/mol. The van der Waals surface area contributed by atoms with Gasteiger partial charge in [0.05, 0.1) is 0 Å². The molecule has 0 bridgehead atoms. The second-order valence-corrected chi connectivity index (χ2v) is 9.07. The van der Waals surface area contributed by atoms with Crippen LogP contribution in [-0.4, -0.2) is 40.5 Å². The molecule has 6 atom stereocenters. The molecular formula is C20H35N2O2-. The van der Waals surface area contributed by atoms with Crippen molar-refractivity contribution < 1.29 is 5.21 Å². The third-order valence-electron chi connectivity index (χ3n) is 7.92. The van der Waals surface area contributed by atoms with Gasteiger partial charge < -0.3 is 10.4 Å². The highest BCUT2D eigenvalue weighted by Gasteiger charge is 2.44. The molecule has 3 saturated carbocycles. The monoisotopic (exact) mass is 335 g/mol. The number of piperidine rings is 1. The lowest BCUT2D eigenvalue weighted by Gasteiger charge is -2.53. The normalized spacial score (nSPS) is 44.1. The van der Waals surface area contributed by atoms with Crippen molar-refractivity contribution in [1.82, 2.24) is 10.1 Å². The summed E-state index contributed by atoms with van der Waals surface area (Å²) in [4.78, 5) is 2.74. The Kier molecular flexibility index (Phi) is 5.47. The first-order valence-corrected chi connectivity index (χ1v) is 10.6. The van der Waals surface area contributed by atoms with Gasteiger partial charge in [0.2, 0.25) is 0 Å². The third-order valence-corrected chi connectivity index (χ3v) is 7.92. The summed E-state index contributed by atoms with van der Waals surface area (Å²) >= 11 is 0. The molecule has 0 radical (unpaired) electrons. The highest BCUT2D eigenvalue weighted by Crippen LogP contribution is 2.48. The smallest absolute Gasteiger partial charge is 0.0257 e. The van der Waals surface area contributed by atoms with E-state index in [-0.39, 0.29) is 11.3 Å². The van der Waals surface area contributed by atoms with Crippen LogP contribution in [0.3, 0.4) is 0 Å². The van der Waals surface area contributed by atoms with E-state index >= 15 is 0 Å². The predicted molar refractivity (Wildman–Crippen MR) is 95.5 cm³/mol. The summed E-state index contributed by atoms with van der Waals surface area (Å²) in [6.45, 7) is 2.26. The van der Waals surface area contributed by atoms with Gasteiger partial charge in [-0.1, -0.05) is 32.1 Å². The topological polar surface area (TPSA) is 49.8 Å². The van der Waals surface area contributed by atoms with Crippen LogP contribution >= 0.6 is 0 Å². The van der Waals surface area contributed by atoms with Crippen LogP contribution in [0, 0.1) is 28.9 Å². The number of hydrogen-bond donors (Lipinski definition) is 1. The lowest BCUT2D eigenvalue weighted by molar-refractivity contribution is -0.115. The lowest BCUT2D eigenvalue weighted by Crippen LogP contribution is -2.55. The van der Waals surface area contributed by atoms with E-state index in [0.29, 0.717) is 5.92 Å². The molecule has 1 N–H and O–H groups in total. The summed E-state index contributed by atoms with van der Waals surface area (Å²) in [5.74, 6) is 3.27. The van der Waals surface area contributed by atoms with Crippen LogP contribution in [0.2, 0.25) is 0 Å². The van der Waals surface area contributed by atoms with Crippen molar-refractivity contribution in [2.45, 2.75) is 89.1 Å². The van der Waals surface area contributed by atoms with E-state index in [1.165, 1.54) is 64.3 Å². The van der Waals surface area contributed by atoms with Gasteiger partial charge in [-0.15, -0.1) is 0 Å². The van der Waals surface area contributed by atoms with Crippen LogP contribution in [0.15, 0.2) is 0 Å². The first-order chi connectivity index (χ1) is 11.7. The zero-order valence-corrected chi connectivity index (χ0v) is 15.1. The maximum Gasteiger partial charge on any atom is 0.0257 e. The summed E-state index contributed by atoms with van der Waals surface area (Å²) < 4.78 is 0. The standard InChI is InChI=1S/C20H35N2O2/c23-22(24)19-10-4-2-7-16(19)14-21-13-5-9-18-17-8-3-1-6-15(17)11-12-20(18)21/h15-20,23H,1-14H2/q-1. The number of rotatable bonds is 3. The molecule has 0 aromatic heterocycles. The fraction of sp³-hybridized carbons (Fsp3) is 1.00. The molecule has 1 saturated heterocycles. The molecular weight excluding hydrogens is 300 g/mol. The highest BCUT2D eigenvalue weighted by atomic mass is 16.8. The van der Waals surface area contributed by atoms with Gasteiger partial charge in [0.1, 0.15) is 0 Å². The summed E-state index contributed by atoms with van der Waals surface area (Å²) in [6, 6.07) is 0.601. The van der Waals surface area contributed by atoms with E-state index in [2.05, 4.69) is 4.90 Å². The first-order valence-electron chi connectivity index (χ1n) is 10.6. The Morgan fingerprint density at radius 3 is 2.46 bits per heavy atom. The maximum atomic E-state index is 11.6. The molecule has 3 aliphatic carbocycles. The predicted octanol–water partition coefficient (Wildman–Crippen LogP) is 4.42. The van der Waals surface area contributed by atoms with Gasteiger partial charge in [0.25, 0.3) is 0 Å². The minimum Gasteiger partial charge on any atom is -0.762 e. The van der Waals surface area contributed by atoms with Crippen LogP contribution in [0.1, 0.15) is 77.0 Å². The molecule has 1 aliphatic heterocycles. The third kappa shape index (κ3) is 3.40. The van der Waals surface area contributed by atoms with E-state index in [0.717, 1.165) is 49.6 Å². The van der Waals surface area contributed by atoms with Crippen LogP contribution in [0.5, 0.6) is 0 Å². The molecule has 138 valence electrons. The zero-order chi connectivity index (χ0) is 16.5. The molecule has 6 unspecified atom stereocenters. The molecule has 0 aromatic rings. The minimum atomic E-state index is -0.162. The van der Waals surface area contributed by atoms with Crippen molar-refractivity contribution in [2.75, 3.05) is 13.1 Å². The Morgan fingerprint density at radius 1 is 0.833 bits per heavy atom. The number of nitrogens with zero attached hydrogens (tertiary/aromatic N) is 2. The van der Waals surface area contributed by atoms with Crippen LogP contribution in [0.4, 0.5) is 0 Å². The Hall–Kier alpha value is -0.160. The van der Waals surface area contributed by atoms with E-state index < -0.39 is 0 Å². The van der Waals surface area contributed by atoms with Crippen molar-refractivity contribution >= 4 is 0 Å². The van der Waals surface area contributed by atoms with Crippen LogP contribution < -0.4 is 0 Å². The summed E-state index contributed by atoms with van der Waals surface area (Å²) in [7, 11) is 0. The summed E-state index contributed by atoms with van der Waals surface area (Å²) in [6.07, 6.45) is 15.7. The Balaban J connectivity index is 1.43. The molecule has 4 fully saturated rings. The largest absolute Gasteiger partial charge is 0.762 e. The number of hydrogen-bond acceptors (Lipinski definition) is 4. The Bertz CT molecular complexity index is 416. The second kappa shape index (κ2) is 7.61. The molecule has 4 nitrogen and oxygen atoms in total. The van der Waals surface area contributed by atoms with Crippen LogP contribution in [0.25, 0.3) is 0 Å². The highest BCUT2D eigenvalue weighted by molar-refractivity contribution is 4.97. The van der Waals surface area contributed by atoms with E-state index in [9.17, 15) is 10.4 Å². The van der Waals surface area contributed by atoms with Crippen molar-refractivity contribution in [3.05, 3.63) is 5.21 Å². The Labute approximate surface area is 147 Å². The molecule has 0 spiro atoms. The van der Waals surface area contributed by atoms with E-state index in [1.807, 2.05) is 0 Å². The zero-order valence-electron chi connectivity index (χ0n) is 15.1. The number of likely N-dealkylation sites (tertiary alicyclic amines) is 1. The fourth-order valence-corrected chi connectivity index (χ4v) is 6.82. The van der Waals surface area contributed by atoms with Gasteiger partial charge in [-0.05, 0) is 75.2 Å². The minimum absolute atomic E-state index is 0.162. The quantitative estimate of drug-likeness (QED) is 0.776. The maximum absolute atomic E-state index is 11.6. The molecule has 4 aliphatic rings. The van der Waals surface area contributed by atoms with Gasteiger partial charge in [0.15, 0.2) is 0 Å². The number of fused-ring (bicyclic) bond motifs is 3. The molecule has 4 heteroatoms. The van der Waals surface area contributed by atoms with Gasteiger partial charge in [-0.25, -0.2) is 0 Å². The van der Waals surface area contributed by atoms with Gasteiger partial charge in [0, 0.05) is 18.6 Å². The first kappa shape index (κ1) is 17.3. The lowest BCUT2D eigenvalue weighted by atomic mass is 9.61. The Morgan fingerprint density at radius 2 is 1.58 bits per heavy atom. The summed E-state index contributed by atoms with van der Waals surface area (Å²) in [5.41, 5.74) is 0. The van der Waals surface area contributed by atoms with E-state index in [1.54, 1.807) is 0 Å². The van der Waals surface area contributed by atoms with Crippen LogP contribution in [-0.2, 0) is 0 Å². The SMILES string of the molecule is [O-]N(O)C1CCCCC1CN1CCCC2C3CCCCC3CCC21. The molecule has 0 amide bonds. The van der Waals surface area contributed by atoms with E-state index in [4.69, 9.17) is 0 Å².